The number of hydrogen-bond acceptors (Lipinski definition) is 8. The molecule has 0 radical (unpaired) electrons. The Kier molecular flexibility index (Phi) is 6.91. The summed E-state index contributed by atoms with van der Waals surface area (Å²) in [5.74, 6) is -0.606. The fraction of sp³-hybridized carbons (Fsp3) is 0.286. The number of pyridine rings is 1. The number of anilines is 1. The van der Waals surface area contributed by atoms with Crippen LogP contribution in [0, 0.1) is 0 Å². The van der Waals surface area contributed by atoms with Gasteiger partial charge < -0.3 is 19.7 Å². The maximum absolute atomic E-state index is 12.9. The van der Waals surface area contributed by atoms with Gasteiger partial charge in [0.05, 0.1) is 0 Å². The number of carbonyl (C=O) groups is 4. The molecule has 0 saturated carbocycles. The van der Waals surface area contributed by atoms with Gasteiger partial charge in [-0.25, -0.2) is 4.98 Å². The van der Waals surface area contributed by atoms with Crippen LogP contribution in [0.5, 0.6) is 11.5 Å². The third-order valence-electron chi connectivity index (χ3n) is 4.35. The second kappa shape index (κ2) is 9.61. The fourth-order valence-corrected chi connectivity index (χ4v) is 4.67. The molecule has 1 saturated heterocycles. The van der Waals surface area contributed by atoms with Crippen LogP contribution in [-0.2, 0) is 19.2 Å². The molecule has 2 unspecified atom stereocenters. The SMILES string of the molecule is CC(=O)Oc1ccc(OC(C)=O)c(C2SCC(C(=O)Nc3ccccn3)N2C(C)=O)c1. The minimum absolute atomic E-state index is 0.220. The maximum atomic E-state index is 12.9. The Balaban J connectivity index is 1.93. The molecule has 2 aromatic rings. The Bertz CT molecular complexity index is 1010. The van der Waals surface area contributed by atoms with Crippen molar-refractivity contribution < 1.29 is 28.7 Å². The van der Waals surface area contributed by atoms with Crippen LogP contribution in [0.1, 0.15) is 31.7 Å². The molecule has 2 amide bonds. The first-order valence-electron chi connectivity index (χ1n) is 9.39. The number of nitrogens with one attached hydrogen (secondary N) is 1. The van der Waals surface area contributed by atoms with Gasteiger partial charge in [-0.05, 0) is 30.3 Å². The standard InChI is InChI=1S/C21H21N3O6S/c1-12(25)24-17(20(28)23-19-6-4-5-9-22-19)11-31-21(24)16-10-15(29-13(2)26)7-8-18(16)30-14(3)27/h4-10,17,21H,11H2,1-3H3,(H,22,23,28). The number of amides is 2. The van der Waals surface area contributed by atoms with Crippen LogP contribution >= 0.6 is 11.8 Å². The van der Waals surface area contributed by atoms with Crippen LogP contribution < -0.4 is 14.8 Å². The smallest absolute Gasteiger partial charge is 0.308 e. The molecular formula is C21H21N3O6S. The molecule has 1 aliphatic heterocycles. The van der Waals surface area contributed by atoms with E-state index >= 15 is 0 Å². The predicted octanol–water partition coefficient (Wildman–Crippen LogP) is 2.53. The summed E-state index contributed by atoms with van der Waals surface area (Å²) < 4.78 is 10.4. The van der Waals surface area contributed by atoms with Crippen LogP contribution in [0.2, 0.25) is 0 Å². The molecule has 31 heavy (non-hydrogen) atoms. The molecule has 1 aromatic carbocycles. The zero-order valence-electron chi connectivity index (χ0n) is 17.2. The summed E-state index contributed by atoms with van der Waals surface area (Å²) >= 11 is 1.34. The number of hydrogen-bond donors (Lipinski definition) is 1. The van der Waals surface area contributed by atoms with Crippen LogP contribution in [0.25, 0.3) is 0 Å². The van der Waals surface area contributed by atoms with Crippen molar-refractivity contribution >= 4 is 41.3 Å². The molecule has 2 atom stereocenters. The van der Waals surface area contributed by atoms with E-state index in [1.165, 1.54) is 55.6 Å². The van der Waals surface area contributed by atoms with Crippen molar-refractivity contribution in [1.29, 1.82) is 0 Å². The number of ether oxygens (including phenoxy) is 2. The third-order valence-corrected chi connectivity index (χ3v) is 5.65. The van der Waals surface area contributed by atoms with E-state index in [9.17, 15) is 19.2 Å². The molecular weight excluding hydrogens is 422 g/mol. The third kappa shape index (κ3) is 5.40. The van der Waals surface area contributed by atoms with Gasteiger partial charge in [0.15, 0.2) is 0 Å². The number of rotatable bonds is 5. The van der Waals surface area contributed by atoms with E-state index in [1.54, 1.807) is 24.4 Å². The van der Waals surface area contributed by atoms with Gasteiger partial charge in [-0.15, -0.1) is 11.8 Å². The Morgan fingerprint density at radius 1 is 1.06 bits per heavy atom. The Labute approximate surface area is 183 Å². The molecule has 1 aromatic heterocycles. The quantitative estimate of drug-likeness (QED) is 0.554. The Morgan fingerprint density at radius 2 is 1.81 bits per heavy atom. The zero-order chi connectivity index (χ0) is 22.5. The lowest BCUT2D eigenvalue weighted by Crippen LogP contribution is -2.44. The summed E-state index contributed by atoms with van der Waals surface area (Å²) in [4.78, 5) is 53.8. The zero-order valence-corrected chi connectivity index (χ0v) is 18.0. The second-order valence-electron chi connectivity index (χ2n) is 6.72. The molecule has 1 fully saturated rings. The molecule has 0 spiro atoms. The minimum Gasteiger partial charge on any atom is -0.427 e. The highest BCUT2D eigenvalue weighted by Crippen LogP contribution is 2.46. The maximum Gasteiger partial charge on any atom is 0.308 e. The van der Waals surface area contributed by atoms with Crippen molar-refractivity contribution in [3.05, 3.63) is 48.2 Å². The van der Waals surface area contributed by atoms with Crippen molar-refractivity contribution in [2.75, 3.05) is 11.1 Å². The van der Waals surface area contributed by atoms with Crippen molar-refractivity contribution in [2.45, 2.75) is 32.2 Å². The molecule has 2 heterocycles. The van der Waals surface area contributed by atoms with Crippen LogP contribution in [0.4, 0.5) is 5.82 Å². The highest BCUT2D eigenvalue weighted by molar-refractivity contribution is 7.99. The number of thioether (sulfide) groups is 1. The molecule has 0 aliphatic carbocycles. The van der Waals surface area contributed by atoms with Crippen LogP contribution in [-0.4, -0.2) is 45.4 Å². The summed E-state index contributed by atoms with van der Waals surface area (Å²) in [5.41, 5.74) is 0.447. The fourth-order valence-electron chi connectivity index (χ4n) is 3.18. The number of carbonyl (C=O) groups excluding carboxylic acids is 4. The van der Waals surface area contributed by atoms with Gasteiger partial charge in [-0.2, -0.15) is 0 Å². The van der Waals surface area contributed by atoms with E-state index < -0.39 is 23.4 Å². The van der Waals surface area contributed by atoms with Crippen LogP contribution in [0.3, 0.4) is 0 Å². The van der Waals surface area contributed by atoms with Crippen molar-refractivity contribution in [3.8, 4) is 11.5 Å². The normalized spacial score (nSPS) is 17.7. The minimum atomic E-state index is -0.767. The highest BCUT2D eigenvalue weighted by atomic mass is 32.2. The molecule has 1 N–H and O–H groups in total. The lowest BCUT2D eigenvalue weighted by molar-refractivity contribution is -0.136. The number of esters is 2. The molecule has 3 rings (SSSR count). The number of aromatic nitrogens is 1. The molecule has 162 valence electrons. The van der Waals surface area contributed by atoms with E-state index in [1.807, 2.05) is 0 Å². The summed E-state index contributed by atoms with van der Waals surface area (Å²) in [6, 6.07) is 8.87. The van der Waals surface area contributed by atoms with Gasteiger partial charge in [-0.3, -0.25) is 19.2 Å². The monoisotopic (exact) mass is 443 g/mol. The number of nitrogens with zero attached hydrogens (tertiary/aromatic N) is 2. The summed E-state index contributed by atoms with van der Waals surface area (Å²) in [6.07, 6.45) is 1.55. The van der Waals surface area contributed by atoms with Crippen molar-refractivity contribution in [1.82, 2.24) is 9.88 Å². The molecule has 0 bridgehead atoms. The lowest BCUT2D eigenvalue weighted by Gasteiger charge is -2.28. The van der Waals surface area contributed by atoms with Gasteiger partial charge in [0.25, 0.3) is 0 Å². The topological polar surface area (TPSA) is 115 Å². The van der Waals surface area contributed by atoms with Gasteiger partial charge in [0.2, 0.25) is 11.8 Å². The summed E-state index contributed by atoms with van der Waals surface area (Å²) in [6.45, 7) is 3.89. The molecule has 9 nitrogen and oxygen atoms in total. The first kappa shape index (κ1) is 22.3. The van der Waals surface area contributed by atoms with E-state index in [0.717, 1.165) is 0 Å². The van der Waals surface area contributed by atoms with Gasteiger partial charge in [0.1, 0.15) is 28.7 Å². The van der Waals surface area contributed by atoms with E-state index in [0.29, 0.717) is 17.1 Å². The second-order valence-corrected chi connectivity index (χ2v) is 7.83. The van der Waals surface area contributed by atoms with E-state index in [-0.39, 0.29) is 23.3 Å². The van der Waals surface area contributed by atoms with E-state index in [2.05, 4.69) is 10.3 Å². The first-order valence-corrected chi connectivity index (χ1v) is 10.4. The molecule has 1 aliphatic rings. The van der Waals surface area contributed by atoms with E-state index in [4.69, 9.17) is 9.47 Å². The predicted molar refractivity (Wildman–Crippen MR) is 113 cm³/mol. The average molecular weight is 443 g/mol. The van der Waals surface area contributed by atoms with Gasteiger partial charge in [-0.1, -0.05) is 6.07 Å². The van der Waals surface area contributed by atoms with Gasteiger partial charge >= 0.3 is 11.9 Å². The average Bonchev–Trinajstić information content (AvgIpc) is 3.14. The van der Waals surface area contributed by atoms with Crippen molar-refractivity contribution in [2.24, 2.45) is 0 Å². The van der Waals surface area contributed by atoms with Crippen LogP contribution in [0.15, 0.2) is 42.6 Å². The Hall–Kier alpha value is -3.40. The lowest BCUT2D eigenvalue weighted by atomic mass is 10.1. The Morgan fingerprint density at radius 3 is 2.42 bits per heavy atom. The first-order chi connectivity index (χ1) is 14.8. The summed E-state index contributed by atoms with van der Waals surface area (Å²) in [5, 5.41) is 2.09. The summed E-state index contributed by atoms with van der Waals surface area (Å²) in [7, 11) is 0. The van der Waals surface area contributed by atoms with Crippen molar-refractivity contribution in [3.63, 3.8) is 0 Å². The number of benzene rings is 1. The van der Waals surface area contributed by atoms with Gasteiger partial charge in [0, 0.05) is 38.3 Å². The highest BCUT2D eigenvalue weighted by Gasteiger charge is 2.42. The largest absolute Gasteiger partial charge is 0.427 e. The molecule has 10 heteroatoms.